The molecule has 7 heteroatoms. The summed E-state index contributed by atoms with van der Waals surface area (Å²) in [6.45, 7) is 0.867. The number of β-amino-alcohol motifs (C(OH)–C–C–N with tert-alkyl or cyclic N) is 1. The summed E-state index contributed by atoms with van der Waals surface area (Å²) in [7, 11) is 3.49. The molecule has 1 aliphatic carbocycles. The predicted octanol–water partition coefficient (Wildman–Crippen LogP) is 0.791. The molecule has 0 spiro atoms. The SMILES string of the molecule is CN(C)C(=O)C[C@H]1CC[C@H]2[C@@H](COC[C@@H](O)CN2C(=O)C2CCCC2)O1. The van der Waals surface area contributed by atoms with Crippen molar-refractivity contribution in [1.82, 2.24) is 9.80 Å². The maximum Gasteiger partial charge on any atom is 0.226 e. The fourth-order valence-electron chi connectivity index (χ4n) is 4.38. The number of fused-ring (bicyclic) bond motifs is 1. The second-order valence-electron chi connectivity index (χ2n) is 8.10. The van der Waals surface area contributed by atoms with Gasteiger partial charge in [-0.15, -0.1) is 0 Å². The van der Waals surface area contributed by atoms with Gasteiger partial charge in [0.15, 0.2) is 0 Å². The number of amides is 2. The van der Waals surface area contributed by atoms with Gasteiger partial charge in [0.05, 0.1) is 37.9 Å². The second-order valence-corrected chi connectivity index (χ2v) is 8.10. The van der Waals surface area contributed by atoms with Crippen molar-refractivity contribution in [2.75, 3.05) is 33.9 Å². The molecule has 7 nitrogen and oxygen atoms in total. The zero-order valence-corrected chi connectivity index (χ0v) is 15.9. The van der Waals surface area contributed by atoms with E-state index < -0.39 is 6.10 Å². The number of rotatable bonds is 3. The molecule has 2 amide bonds. The Bertz CT molecular complexity index is 506. The molecule has 0 aromatic rings. The summed E-state index contributed by atoms with van der Waals surface area (Å²) in [5.74, 6) is 0.288. The minimum Gasteiger partial charge on any atom is -0.389 e. The third-order valence-corrected chi connectivity index (χ3v) is 5.87. The van der Waals surface area contributed by atoms with Gasteiger partial charge in [0.2, 0.25) is 11.8 Å². The maximum absolute atomic E-state index is 13.1. The molecule has 4 atom stereocenters. The van der Waals surface area contributed by atoms with E-state index in [2.05, 4.69) is 0 Å². The van der Waals surface area contributed by atoms with Gasteiger partial charge >= 0.3 is 0 Å². The highest BCUT2D eigenvalue weighted by atomic mass is 16.5. The van der Waals surface area contributed by atoms with Crippen molar-refractivity contribution in [1.29, 1.82) is 0 Å². The van der Waals surface area contributed by atoms with Gasteiger partial charge in [0, 0.05) is 26.6 Å². The summed E-state index contributed by atoms with van der Waals surface area (Å²) < 4.78 is 11.8. The molecule has 0 radical (unpaired) electrons. The number of aliphatic hydroxyl groups excluding tert-OH is 1. The van der Waals surface area contributed by atoms with E-state index in [-0.39, 0.29) is 42.6 Å². The molecule has 0 aromatic carbocycles. The van der Waals surface area contributed by atoms with Crippen LogP contribution in [0.3, 0.4) is 0 Å². The highest BCUT2D eigenvalue weighted by molar-refractivity contribution is 5.79. The standard InChI is InChI=1S/C19H32N2O5/c1-20(2)18(23)9-15-7-8-16-17(26-15)12-25-11-14(22)10-21(16)19(24)13-5-3-4-6-13/h13-17,22H,3-12H2,1-2H3/t14-,15+,16-,17+/m0/s1. The molecule has 0 unspecified atom stereocenters. The molecule has 0 bridgehead atoms. The molecule has 148 valence electrons. The summed E-state index contributed by atoms with van der Waals surface area (Å²) in [6.07, 6.45) is 4.95. The summed E-state index contributed by atoms with van der Waals surface area (Å²) >= 11 is 0. The van der Waals surface area contributed by atoms with E-state index in [1.54, 1.807) is 19.0 Å². The molecule has 0 aromatic heterocycles. The summed E-state index contributed by atoms with van der Waals surface area (Å²) in [5, 5.41) is 10.2. The molecular formula is C19H32N2O5. The van der Waals surface area contributed by atoms with E-state index in [4.69, 9.17) is 9.47 Å². The van der Waals surface area contributed by atoms with Gasteiger partial charge in [0.1, 0.15) is 6.10 Å². The van der Waals surface area contributed by atoms with Crippen molar-refractivity contribution in [2.24, 2.45) is 5.92 Å². The van der Waals surface area contributed by atoms with Crippen LogP contribution >= 0.6 is 0 Å². The van der Waals surface area contributed by atoms with Crippen molar-refractivity contribution in [2.45, 2.75) is 69.3 Å². The van der Waals surface area contributed by atoms with Crippen molar-refractivity contribution >= 4 is 11.8 Å². The Morgan fingerprint density at radius 1 is 1.12 bits per heavy atom. The number of carbonyl (C=O) groups excluding carboxylic acids is 2. The number of ether oxygens (including phenoxy) is 2. The lowest BCUT2D eigenvalue weighted by Crippen LogP contribution is -2.58. The van der Waals surface area contributed by atoms with Crippen LogP contribution in [0.4, 0.5) is 0 Å². The molecule has 3 fully saturated rings. The minimum atomic E-state index is -0.658. The highest BCUT2D eigenvalue weighted by Gasteiger charge is 2.41. The van der Waals surface area contributed by atoms with Gasteiger partial charge in [-0.05, 0) is 25.7 Å². The first kappa shape index (κ1) is 19.6. The average Bonchev–Trinajstić information content (AvgIpc) is 3.12. The quantitative estimate of drug-likeness (QED) is 0.797. The van der Waals surface area contributed by atoms with E-state index in [0.29, 0.717) is 19.6 Å². The lowest BCUT2D eigenvalue weighted by Gasteiger charge is -2.45. The van der Waals surface area contributed by atoms with Gasteiger partial charge in [-0.2, -0.15) is 0 Å². The topological polar surface area (TPSA) is 79.3 Å². The van der Waals surface area contributed by atoms with Gasteiger partial charge in [-0.25, -0.2) is 0 Å². The minimum absolute atomic E-state index is 0.0505. The largest absolute Gasteiger partial charge is 0.389 e. The Morgan fingerprint density at radius 3 is 2.54 bits per heavy atom. The van der Waals surface area contributed by atoms with E-state index >= 15 is 0 Å². The first-order chi connectivity index (χ1) is 12.5. The third kappa shape index (κ3) is 4.56. The Balaban J connectivity index is 1.69. The summed E-state index contributed by atoms with van der Waals surface area (Å²) in [5.41, 5.74) is 0. The number of hydrogen-bond donors (Lipinski definition) is 1. The molecule has 1 N–H and O–H groups in total. The van der Waals surface area contributed by atoms with E-state index in [1.807, 2.05) is 4.90 Å². The first-order valence-electron chi connectivity index (χ1n) is 9.87. The fourth-order valence-corrected chi connectivity index (χ4v) is 4.38. The normalized spacial score (nSPS) is 33.3. The summed E-state index contributed by atoms with van der Waals surface area (Å²) in [6, 6.07) is -0.0799. The average molecular weight is 368 g/mol. The van der Waals surface area contributed by atoms with Gasteiger partial charge in [-0.1, -0.05) is 12.8 Å². The van der Waals surface area contributed by atoms with Crippen LogP contribution in [-0.2, 0) is 19.1 Å². The van der Waals surface area contributed by atoms with Crippen LogP contribution in [0.5, 0.6) is 0 Å². The third-order valence-electron chi connectivity index (χ3n) is 5.87. The van der Waals surface area contributed by atoms with Crippen molar-refractivity contribution in [3.8, 4) is 0 Å². The highest BCUT2D eigenvalue weighted by Crippen LogP contribution is 2.32. The molecule has 2 heterocycles. The van der Waals surface area contributed by atoms with Crippen molar-refractivity contribution in [3.05, 3.63) is 0 Å². The zero-order valence-electron chi connectivity index (χ0n) is 15.9. The molecule has 2 saturated heterocycles. The lowest BCUT2D eigenvalue weighted by atomic mass is 9.93. The van der Waals surface area contributed by atoms with Crippen molar-refractivity contribution < 1.29 is 24.2 Å². The number of hydrogen-bond acceptors (Lipinski definition) is 5. The first-order valence-corrected chi connectivity index (χ1v) is 9.87. The number of carbonyl (C=O) groups is 2. The number of aliphatic hydroxyl groups is 1. The van der Waals surface area contributed by atoms with Crippen LogP contribution < -0.4 is 0 Å². The molecular weight excluding hydrogens is 336 g/mol. The van der Waals surface area contributed by atoms with Crippen LogP contribution in [0.15, 0.2) is 0 Å². The molecule has 3 aliphatic rings. The van der Waals surface area contributed by atoms with Crippen LogP contribution in [0.2, 0.25) is 0 Å². The molecule has 1 saturated carbocycles. The van der Waals surface area contributed by atoms with E-state index in [1.165, 1.54) is 0 Å². The van der Waals surface area contributed by atoms with Gasteiger partial charge in [-0.3, -0.25) is 9.59 Å². The molecule has 3 rings (SSSR count). The van der Waals surface area contributed by atoms with E-state index in [0.717, 1.165) is 38.5 Å². The van der Waals surface area contributed by atoms with Gasteiger partial charge < -0.3 is 24.4 Å². The Labute approximate surface area is 155 Å². The Hall–Kier alpha value is -1.18. The predicted molar refractivity (Wildman–Crippen MR) is 95.5 cm³/mol. The Morgan fingerprint density at radius 2 is 1.85 bits per heavy atom. The van der Waals surface area contributed by atoms with Crippen LogP contribution in [0.25, 0.3) is 0 Å². The monoisotopic (exact) mass is 368 g/mol. The molecule has 26 heavy (non-hydrogen) atoms. The van der Waals surface area contributed by atoms with Crippen LogP contribution in [0.1, 0.15) is 44.9 Å². The lowest BCUT2D eigenvalue weighted by molar-refractivity contribution is -0.172. The summed E-state index contributed by atoms with van der Waals surface area (Å²) in [4.78, 5) is 28.5. The van der Waals surface area contributed by atoms with Crippen LogP contribution in [-0.4, -0.2) is 84.9 Å². The van der Waals surface area contributed by atoms with E-state index in [9.17, 15) is 14.7 Å². The zero-order chi connectivity index (χ0) is 18.7. The fraction of sp³-hybridized carbons (Fsp3) is 0.895. The van der Waals surface area contributed by atoms with Crippen LogP contribution in [0, 0.1) is 5.92 Å². The van der Waals surface area contributed by atoms with Gasteiger partial charge in [0.25, 0.3) is 0 Å². The van der Waals surface area contributed by atoms with Crippen molar-refractivity contribution in [3.63, 3.8) is 0 Å². The second kappa shape index (κ2) is 8.67. The maximum atomic E-state index is 13.1. The Kier molecular flexibility index (Phi) is 6.53. The molecule has 2 aliphatic heterocycles. The smallest absolute Gasteiger partial charge is 0.226 e. The number of nitrogens with zero attached hydrogens (tertiary/aromatic N) is 2.